The number of nitrogens with zero attached hydrogens (tertiary/aromatic N) is 3. The number of amides is 1. The molecule has 1 aliphatic heterocycles. The fourth-order valence-electron chi connectivity index (χ4n) is 3.12. The number of aromatic nitrogens is 1. The zero-order chi connectivity index (χ0) is 22.9. The SMILES string of the molecule is COc1c(C#N)ccc(OC(C)C(F)(F)F)c1C(=O)N1CC(c2ncc(Br)cc2Cl)C1. The Morgan fingerprint density at radius 3 is 2.65 bits per heavy atom. The molecule has 164 valence electrons. The Labute approximate surface area is 189 Å². The lowest BCUT2D eigenvalue weighted by Crippen LogP contribution is -2.49. The van der Waals surface area contributed by atoms with E-state index >= 15 is 0 Å². The van der Waals surface area contributed by atoms with Crippen LogP contribution >= 0.6 is 27.5 Å². The van der Waals surface area contributed by atoms with E-state index in [1.165, 1.54) is 24.1 Å². The molecular formula is C20H16BrClF3N3O3. The van der Waals surface area contributed by atoms with Gasteiger partial charge in [-0.15, -0.1) is 0 Å². The first kappa shape index (κ1) is 23.2. The van der Waals surface area contributed by atoms with Crippen LogP contribution in [0.15, 0.2) is 28.9 Å². The monoisotopic (exact) mass is 517 g/mol. The van der Waals surface area contributed by atoms with E-state index in [4.69, 9.17) is 21.1 Å². The topological polar surface area (TPSA) is 75.5 Å². The summed E-state index contributed by atoms with van der Waals surface area (Å²) < 4.78 is 50.0. The van der Waals surface area contributed by atoms with Gasteiger partial charge in [-0.25, -0.2) is 0 Å². The first-order valence-electron chi connectivity index (χ1n) is 9.01. The molecule has 1 unspecified atom stereocenters. The van der Waals surface area contributed by atoms with E-state index in [0.29, 0.717) is 15.2 Å². The summed E-state index contributed by atoms with van der Waals surface area (Å²) in [5, 5.41) is 9.75. The second-order valence-electron chi connectivity index (χ2n) is 6.86. The van der Waals surface area contributed by atoms with E-state index in [9.17, 15) is 23.2 Å². The number of alkyl halides is 3. The first-order chi connectivity index (χ1) is 14.6. The van der Waals surface area contributed by atoms with E-state index in [2.05, 4.69) is 20.9 Å². The molecule has 1 atom stereocenters. The third-order valence-electron chi connectivity index (χ3n) is 4.81. The van der Waals surface area contributed by atoms with Gasteiger partial charge in [-0.05, 0) is 41.1 Å². The number of pyridine rings is 1. The standard InChI is InChI=1S/C20H16BrClF3N3O3/c1-10(20(23,24)25)31-15-4-3-11(6-26)18(30-2)16(15)19(29)28-8-12(9-28)17-14(22)5-13(21)7-27-17/h3-5,7,10,12H,8-9H2,1-2H3. The van der Waals surface area contributed by atoms with Crippen LogP contribution in [0.25, 0.3) is 0 Å². The Hall–Kier alpha value is -2.51. The lowest BCUT2D eigenvalue weighted by atomic mass is 9.94. The molecule has 3 rings (SSSR count). The summed E-state index contributed by atoms with van der Waals surface area (Å²) in [6, 6.07) is 5.98. The minimum Gasteiger partial charge on any atom is -0.494 e. The fourth-order valence-corrected chi connectivity index (χ4v) is 3.91. The predicted octanol–water partition coefficient (Wildman–Crippen LogP) is 4.95. The van der Waals surface area contributed by atoms with Crippen LogP contribution in [0.1, 0.15) is 34.5 Å². The van der Waals surface area contributed by atoms with Crippen LogP contribution < -0.4 is 9.47 Å². The molecule has 0 aliphatic carbocycles. The minimum absolute atomic E-state index is 0.00700. The summed E-state index contributed by atoms with van der Waals surface area (Å²) in [6.07, 6.45) is -5.20. The van der Waals surface area contributed by atoms with Crippen molar-refractivity contribution < 1.29 is 27.4 Å². The molecule has 2 aromatic rings. The molecule has 1 aromatic heterocycles. The maximum atomic E-state index is 13.2. The zero-order valence-electron chi connectivity index (χ0n) is 16.3. The van der Waals surface area contributed by atoms with Crippen molar-refractivity contribution in [1.29, 1.82) is 5.26 Å². The van der Waals surface area contributed by atoms with E-state index in [0.717, 1.165) is 6.92 Å². The molecule has 31 heavy (non-hydrogen) atoms. The van der Waals surface area contributed by atoms with Crippen LogP contribution in [-0.4, -0.2) is 48.3 Å². The van der Waals surface area contributed by atoms with Crippen molar-refractivity contribution in [3.05, 3.63) is 50.7 Å². The number of hydrogen-bond donors (Lipinski definition) is 0. The number of rotatable bonds is 5. The number of carbonyl (C=O) groups is 1. The van der Waals surface area contributed by atoms with Crippen LogP contribution in [0.4, 0.5) is 13.2 Å². The van der Waals surface area contributed by atoms with Crippen molar-refractivity contribution in [3.63, 3.8) is 0 Å². The Kier molecular flexibility index (Phi) is 6.67. The molecule has 1 amide bonds. The predicted molar refractivity (Wildman–Crippen MR) is 109 cm³/mol. The van der Waals surface area contributed by atoms with Gasteiger partial charge in [0.2, 0.25) is 0 Å². The molecule has 0 saturated carbocycles. The van der Waals surface area contributed by atoms with E-state index in [1.807, 2.05) is 6.07 Å². The van der Waals surface area contributed by atoms with Crippen molar-refractivity contribution in [2.75, 3.05) is 20.2 Å². The van der Waals surface area contributed by atoms with Crippen molar-refractivity contribution in [3.8, 4) is 17.6 Å². The molecule has 1 aromatic carbocycles. The van der Waals surface area contributed by atoms with E-state index in [-0.39, 0.29) is 41.6 Å². The Balaban J connectivity index is 1.90. The molecule has 0 N–H and O–H groups in total. The molecular weight excluding hydrogens is 503 g/mol. The van der Waals surface area contributed by atoms with Crippen molar-refractivity contribution in [2.45, 2.75) is 25.1 Å². The average Bonchev–Trinajstić information content (AvgIpc) is 2.66. The summed E-state index contributed by atoms with van der Waals surface area (Å²) >= 11 is 9.49. The number of benzene rings is 1. The average molecular weight is 519 g/mol. The summed E-state index contributed by atoms with van der Waals surface area (Å²) in [7, 11) is 1.23. The summed E-state index contributed by atoms with van der Waals surface area (Å²) in [4.78, 5) is 18.8. The number of carbonyl (C=O) groups excluding carboxylic acids is 1. The van der Waals surface area contributed by atoms with Crippen molar-refractivity contribution in [1.82, 2.24) is 9.88 Å². The van der Waals surface area contributed by atoms with Gasteiger partial charge in [-0.3, -0.25) is 9.78 Å². The van der Waals surface area contributed by atoms with Gasteiger partial charge in [0, 0.05) is 29.7 Å². The van der Waals surface area contributed by atoms with Crippen molar-refractivity contribution in [2.24, 2.45) is 0 Å². The van der Waals surface area contributed by atoms with Crippen LogP contribution in [0.3, 0.4) is 0 Å². The number of methoxy groups -OCH3 is 1. The highest BCUT2D eigenvalue weighted by Crippen LogP contribution is 2.39. The number of likely N-dealkylation sites (tertiary alicyclic amines) is 1. The number of ether oxygens (including phenoxy) is 2. The minimum atomic E-state index is -4.63. The van der Waals surface area contributed by atoms with Gasteiger partial charge in [-0.2, -0.15) is 18.4 Å². The number of hydrogen-bond acceptors (Lipinski definition) is 5. The molecule has 1 fully saturated rings. The van der Waals surface area contributed by atoms with Gasteiger partial charge >= 0.3 is 6.18 Å². The molecule has 0 bridgehead atoms. The fraction of sp³-hybridized carbons (Fsp3) is 0.350. The molecule has 2 heterocycles. The number of nitriles is 1. The highest BCUT2D eigenvalue weighted by Gasteiger charge is 2.41. The van der Waals surface area contributed by atoms with Gasteiger partial charge in [0.05, 0.1) is 23.4 Å². The van der Waals surface area contributed by atoms with Gasteiger partial charge < -0.3 is 14.4 Å². The second-order valence-corrected chi connectivity index (χ2v) is 8.18. The van der Waals surface area contributed by atoms with Crippen LogP contribution in [0, 0.1) is 11.3 Å². The smallest absolute Gasteiger partial charge is 0.425 e. The molecule has 1 saturated heterocycles. The number of halogens is 5. The highest BCUT2D eigenvalue weighted by molar-refractivity contribution is 9.10. The summed E-state index contributed by atoms with van der Waals surface area (Å²) in [5.41, 5.74) is 0.396. The summed E-state index contributed by atoms with van der Waals surface area (Å²) in [5.74, 6) is -1.19. The van der Waals surface area contributed by atoms with Crippen LogP contribution in [0.2, 0.25) is 5.02 Å². The lowest BCUT2D eigenvalue weighted by Gasteiger charge is -2.39. The maximum absolute atomic E-state index is 13.2. The molecule has 11 heteroatoms. The van der Waals surface area contributed by atoms with Gasteiger partial charge in [-0.1, -0.05) is 11.6 Å². The third-order valence-corrected chi connectivity index (χ3v) is 5.55. The second kappa shape index (κ2) is 8.93. The third kappa shape index (κ3) is 4.72. The Bertz CT molecular complexity index is 1050. The quantitative estimate of drug-likeness (QED) is 0.560. The highest BCUT2D eigenvalue weighted by atomic mass is 79.9. The van der Waals surface area contributed by atoms with Crippen LogP contribution in [-0.2, 0) is 0 Å². The van der Waals surface area contributed by atoms with Gasteiger partial charge in [0.15, 0.2) is 11.9 Å². The van der Waals surface area contributed by atoms with Crippen LogP contribution in [0.5, 0.6) is 11.5 Å². The largest absolute Gasteiger partial charge is 0.494 e. The molecule has 0 radical (unpaired) electrons. The Morgan fingerprint density at radius 1 is 1.42 bits per heavy atom. The van der Waals surface area contributed by atoms with Crippen molar-refractivity contribution >= 4 is 33.4 Å². The molecule has 0 spiro atoms. The molecule has 6 nitrogen and oxygen atoms in total. The Morgan fingerprint density at radius 2 is 2.10 bits per heavy atom. The maximum Gasteiger partial charge on any atom is 0.425 e. The van der Waals surface area contributed by atoms with Gasteiger partial charge in [0.1, 0.15) is 17.4 Å². The summed E-state index contributed by atoms with van der Waals surface area (Å²) in [6.45, 7) is 1.34. The molecule has 1 aliphatic rings. The van der Waals surface area contributed by atoms with E-state index in [1.54, 1.807) is 12.3 Å². The lowest BCUT2D eigenvalue weighted by molar-refractivity contribution is -0.189. The normalized spacial score (nSPS) is 15.1. The zero-order valence-corrected chi connectivity index (χ0v) is 18.7. The first-order valence-corrected chi connectivity index (χ1v) is 10.2. The van der Waals surface area contributed by atoms with Gasteiger partial charge in [0.25, 0.3) is 5.91 Å². The van der Waals surface area contributed by atoms with E-state index < -0.39 is 18.2 Å².